The van der Waals surface area contributed by atoms with Crippen LogP contribution in [-0.2, 0) is 11.3 Å². The molecule has 1 aliphatic rings. The van der Waals surface area contributed by atoms with E-state index in [0.717, 1.165) is 56.4 Å². The van der Waals surface area contributed by atoms with Crippen LogP contribution in [0.25, 0.3) is 0 Å². The lowest BCUT2D eigenvalue weighted by molar-refractivity contribution is 0.0676. The molecule has 1 aromatic carbocycles. The van der Waals surface area contributed by atoms with Crippen LogP contribution in [0.1, 0.15) is 44.7 Å². The minimum absolute atomic E-state index is 0. The first-order chi connectivity index (χ1) is 13.6. The van der Waals surface area contributed by atoms with Gasteiger partial charge in [-0.05, 0) is 51.4 Å². The molecule has 1 aromatic rings. The van der Waals surface area contributed by atoms with Crippen LogP contribution in [0.2, 0.25) is 0 Å². The molecule has 6 nitrogen and oxygen atoms in total. The van der Waals surface area contributed by atoms with E-state index in [-0.39, 0.29) is 30.1 Å². The van der Waals surface area contributed by atoms with Gasteiger partial charge in [0.1, 0.15) is 12.4 Å². The monoisotopic (exact) mass is 518 g/mol. The summed E-state index contributed by atoms with van der Waals surface area (Å²) >= 11 is 0. The molecular formula is C22H39IN4O2. The second-order valence-corrected chi connectivity index (χ2v) is 7.43. The van der Waals surface area contributed by atoms with Gasteiger partial charge in [-0.2, -0.15) is 0 Å². The lowest BCUT2D eigenvalue weighted by Gasteiger charge is -2.27. The summed E-state index contributed by atoms with van der Waals surface area (Å²) in [5, 5.41) is 6.85. The van der Waals surface area contributed by atoms with Crippen molar-refractivity contribution in [1.29, 1.82) is 0 Å². The number of hydrogen-bond donors (Lipinski definition) is 2. The predicted molar refractivity (Wildman–Crippen MR) is 132 cm³/mol. The first kappa shape index (κ1) is 26.0. The van der Waals surface area contributed by atoms with Crippen molar-refractivity contribution in [3.8, 4) is 5.75 Å². The molecule has 1 aliphatic heterocycles. The first-order valence-electron chi connectivity index (χ1n) is 10.6. The number of nitrogens with one attached hydrogen (secondary N) is 2. The highest BCUT2D eigenvalue weighted by Gasteiger charge is 2.17. The van der Waals surface area contributed by atoms with Crippen LogP contribution in [0, 0.1) is 6.92 Å². The number of ether oxygens (including phenoxy) is 2. The zero-order valence-corrected chi connectivity index (χ0v) is 21.0. The molecule has 1 heterocycles. The molecule has 0 amide bonds. The van der Waals surface area contributed by atoms with Crippen LogP contribution in [0.3, 0.4) is 0 Å². The smallest absolute Gasteiger partial charge is 0.191 e. The molecule has 0 aliphatic carbocycles. The fourth-order valence-corrected chi connectivity index (χ4v) is 3.52. The molecule has 2 unspecified atom stereocenters. The molecular weight excluding hydrogens is 479 g/mol. The Labute approximate surface area is 193 Å². The number of hydrogen-bond acceptors (Lipinski definition) is 4. The lowest BCUT2D eigenvalue weighted by Crippen LogP contribution is -2.45. The van der Waals surface area contributed by atoms with Crippen molar-refractivity contribution in [2.45, 2.75) is 59.2 Å². The summed E-state index contributed by atoms with van der Waals surface area (Å²) in [6, 6.07) is 6.80. The van der Waals surface area contributed by atoms with Crippen molar-refractivity contribution >= 4 is 29.9 Å². The quantitative estimate of drug-likeness (QED) is 0.282. The number of aliphatic imine (C=N–C) groups is 1. The van der Waals surface area contributed by atoms with Crippen LogP contribution in [0.4, 0.5) is 0 Å². The fourth-order valence-electron chi connectivity index (χ4n) is 3.52. The summed E-state index contributed by atoms with van der Waals surface area (Å²) in [6.07, 6.45) is 2.43. The molecule has 2 rings (SSSR count). The molecule has 2 N–H and O–H groups in total. The van der Waals surface area contributed by atoms with E-state index in [2.05, 4.69) is 66.4 Å². The van der Waals surface area contributed by atoms with Crippen LogP contribution in [0.5, 0.6) is 5.75 Å². The molecule has 0 bridgehead atoms. The zero-order valence-electron chi connectivity index (χ0n) is 18.7. The minimum Gasteiger partial charge on any atom is -0.491 e. The highest BCUT2D eigenvalue weighted by atomic mass is 127. The summed E-state index contributed by atoms with van der Waals surface area (Å²) < 4.78 is 11.8. The van der Waals surface area contributed by atoms with Crippen LogP contribution < -0.4 is 15.4 Å². The van der Waals surface area contributed by atoms with Gasteiger partial charge in [0.2, 0.25) is 0 Å². The summed E-state index contributed by atoms with van der Waals surface area (Å²) in [4.78, 5) is 6.79. The molecule has 1 saturated heterocycles. The molecule has 0 aromatic heterocycles. The van der Waals surface area contributed by atoms with E-state index < -0.39 is 0 Å². The van der Waals surface area contributed by atoms with Crippen molar-refractivity contribution in [3.63, 3.8) is 0 Å². The highest BCUT2D eigenvalue weighted by molar-refractivity contribution is 14.0. The van der Waals surface area contributed by atoms with E-state index in [0.29, 0.717) is 19.2 Å². The Morgan fingerprint density at radius 3 is 2.69 bits per heavy atom. The van der Waals surface area contributed by atoms with Crippen LogP contribution in [0.15, 0.2) is 23.2 Å². The standard InChI is InChI=1S/C22H38N4O2.HI/c1-6-26(7-2)18(4)14-24-22(23-5)25-15-19-11-10-17(3)13-21(19)28-16-20-9-8-12-27-20;/h10-11,13,18,20H,6-9,12,14-16H2,1-5H3,(H2,23,24,25);1H. The van der Waals surface area contributed by atoms with Gasteiger partial charge in [-0.25, -0.2) is 0 Å². The number of guanidine groups is 1. The van der Waals surface area contributed by atoms with Gasteiger partial charge in [0.05, 0.1) is 6.10 Å². The second kappa shape index (κ2) is 14.0. The average molecular weight is 518 g/mol. The van der Waals surface area contributed by atoms with Gasteiger partial charge in [-0.15, -0.1) is 24.0 Å². The SMILES string of the molecule is CCN(CC)C(C)CNC(=NC)NCc1ccc(C)cc1OCC1CCCO1.I. The largest absolute Gasteiger partial charge is 0.491 e. The normalized spacial score (nSPS) is 17.7. The molecule has 0 saturated carbocycles. The van der Waals surface area contributed by atoms with E-state index in [1.165, 1.54) is 5.56 Å². The molecule has 166 valence electrons. The van der Waals surface area contributed by atoms with Gasteiger partial charge >= 0.3 is 0 Å². The van der Waals surface area contributed by atoms with Crippen molar-refractivity contribution in [2.24, 2.45) is 4.99 Å². The lowest BCUT2D eigenvalue weighted by atomic mass is 10.1. The van der Waals surface area contributed by atoms with Gasteiger partial charge in [-0.1, -0.05) is 26.0 Å². The third kappa shape index (κ3) is 8.68. The maximum Gasteiger partial charge on any atom is 0.191 e. The van der Waals surface area contributed by atoms with Gasteiger partial charge in [0, 0.05) is 38.3 Å². The van der Waals surface area contributed by atoms with Crippen molar-refractivity contribution in [2.75, 3.05) is 39.9 Å². The van der Waals surface area contributed by atoms with E-state index in [4.69, 9.17) is 9.47 Å². The van der Waals surface area contributed by atoms with Crippen LogP contribution >= 0.6 is 24.0 Å². The van der Waals surface area contributed by atoms with E-state index in [1.54, 1.807) is 7.05 Å². The van der Waals surface area contributed by atoms with Crippen molar-refractivity contribution in [1.82, 2.24) is 15.5 Å². The number of benzene rings is 1. The fraction of sp³-hybridized carbons (Fsp3) is 0.682. The second-order valence-electron chi connectivity index (χ2n) is 7.43. The van der Waals surface area contributed by atoms with Crippen molar-refractivity contribution < 1.29 is 9.47 Å². The van der Waals surface area contributed by atoms with Crippen molar-refractivity contribution in [3.05, 3.63) is 29.3 Å². The molecule has 0 radical (unpaired) electrons. The van der Waals surface area contributed by atoms with Gasteiger partial charge < -0.3 is 20.1 Å². The number of likely N-dealkylation sites (N-methyl/N-ethyl adjacent to an activating group) is 1. The molecule has 0 spiro atoms. The summed E-state index contributed by atoms with van der Waals surface area (Å²) in [5.74, 6) is 1.74. The van der Waals surface area contributed by atoms with Gasteiger partial charge in [-0.3, -0.25) is 9.89 Å². The summed E-state index contributed by atoms with van der Waals surface area (Å²) in [6.45, 7) is 13.8. The summed E-state index contributed by atoms with van der Waals surface area (Å²) in [5.41, 5.74) is 2.32. The number of rotatable bonds is 10. The minimum atomic E-state index is 0. The van der Waals surface area contributed by atoms with E-state index in [9.17, 15) is 0 Å². The number of halogens is 1. The Morgan fingerprint density at radius 1 is 1.31 bits per heavy atom. The maximum absolute atomic E-state index is 6.09. The first-order valence-corrected chi connectivity index (χ1v) is 10.6. The van der Waals surface area contributed by atoms with E-state index in [1.807, 2.05) is 0 Å². The Bertz CT molecular complexity index is 617. The predicted octanol–water partition coefficient (Wildman–Crippen LogP) is 3.57. The molecule has 29 heavy (non-hydrogen) atoms. The Morgan fingerprint density at radius 2 is 2.07 bits per heavy atom. The summed E-state index contributed by atoms with van der Waals surface area (Å²) in [7, 11) is 1.81. The third-order valence-corrected chi connectivity index (χ3v) is 5.34. The Hall–Kier alpha value is -1.06. The molecule has 7 heteroatoms. The number of nitrogens with zero attached hydrogens (tertiary/aromatic N) is 2. The number of aryl methyl sites for hydroxylation is 1. The average Bonchev–Trinajstić information content (AvgIpc) is 3.22. The Balaban J connectivity index is 0.00000420. The maximum atomic E-state index is 6.09. The Kier molecular flexibility index (Phi) is 12.6. The van der Waals surface area contributed by atoms with E-state index >= 15 is 0 Å². The zero-order chi connectivity index (χ0) is 20.4. The van der Waals surface area contributed by atoms with Gasteiger partial charge in [0.25, 0.3) is 0 Å². The highest BCUT2D eigenvalue weighted by Crippen LogP contribution is 2.22. The van der Waals surface area contributed by atoms with Crippen LogP contribution in [-0.4, -0.2) is 62.9 Å². The van der Waals surface area contributed by atoms with Gasteiger partial charge in [0.15, 0.2) is 5.96 Å². The topological polar surface area (TPSA) is 58.1 Å². The third-order valence-electron chi connectivity index (χ3n) is 5.34. The molecule has 1 fully saturated rings. The molecule has 2 atom stereocenters.